The van der Waals surface area contributed by atoms with Crippen LogP contribution < -0.4 is 9.79 Å². The summed E-state index contributed by atoms with van der Waals surface area (Å²) < 4.78 is 30.0. The van der Waals surface area contributed by atoms with Crippen LogP contribution in [0.25, 0.3) is 0 Å². The molecule has 0 spiro atoms. The third kappa shape index (κ3) is 4.32. The average molecular weight is 378 g/mol. The SMILES string of the molecule is CC(=O)N1CCCc2cc(S(=O)(=O)NOCCCc3ccco3)ccc21. The summed E-state index contributed by atoms with van der Waals surface area (Å²) in [7, 11) is -3.76. The number of sulfonamides is 1. The lowest BCUT2D eigenvalue weighted by molar-refractivity contribution is -0.116. The number of aryl methyl sites for hydroxylation is 2. The van der Waals surface area contributed by atoms with Crippen molar-refractivity contribution in [2.24, 2.45) is 0 Å². The number of rotatable bonds is 7. The third-order valence-electron chi connectivity index (χ3n) is 4.28. The Kier molecular flexibility index (Phi) is 5.75. The fraction of sp³-hybridized carbons (Fsp3) is 0.389. The summed E-state index contributed by atoms with van der Waals surface area (Å²) in [6, 6.07) is 8.46. The molecule has 2 aromatic rings. The lowest BCUT2D eigenvalue weighted by Gasteiger charge is -2.28. The molecule has 140 valence electrons. The van der Waals surface area contributed by atoms with E-state index in [1.807, 2.05) is 12.1 Å². The maximum atomic E-state index is 12.4. The van der Waals surface area contributed by atoms with E-state index >= 15 is 0 Å². The van der Waals surface area contributed by atoms with Gasteiger partial charge < -0.3 is 9.32 Å². The Bertz CT molecular complexity index is 862. The monoisotopic (exact) mass is 378 g/mol. The van der Waals surface area contributed by atoms with Gasteiger partial charge in [0.2, 0.25) is 5.91 Å². The molecule has 26 heavy (non-hydrogen) atoms. The van der Waals surface area contributed by atoms with E-state index in [4.69, 9.17) is 9.25 Å². The number of hydrogen-bond donors (Lipinski definition) is 1. The second-order valence-corrected chi connectivity index (χ2v) is 7.83. The molecule has 3 rings (SSSR count). The van der Waals surface area contributed by atoms with Gasteiger partial charge in [0, 0.05) is 25.6 Å². The second kappa shape index (κ2) is 8.03. The number of carbonyl (C=O) groups is 1. The molecular weight excluding hydrogens is 356 g/mol. The van der Waals surface area contributed by atoms with Crippen molar-refractivity contribution in [2.45, 2.75) is 37.5 Å². The van der Waals surface area contributed by atoms with Crippen LogP contribution in [-0.2, 0) is 32.5 Å². The van der Waals surface area contributed by atoms with Gasteiger partial charge in [-0.05, 0) is 55.2 Å². The highest BCUT2D eigenvalue weighted by atomic mass is 32.2. The normalized spacial score (nSPS) is 14.3. The maximum Gasteiger partial charge on any atom is 0.262 e. The van der Waals surface area contributed by atoms with E-state index in [0.29, 0.717) is 19.4 Å². The zero-order chi connectivity index (χ0) is 18.6. The molecule has 0 radical (unpaired) electrons. The highest BCUT2D eigenvalue weighted by Gasteiger charge is 2.23. The van der Waals surface area contributed by atoms with Gasteiger partial charge in [0.25, 0.3) is 10.0 Å². The average Bonchev–Trinajstić information content (AvgIpc) is 3.13. The maximum absolute atomic E-state index is 12.4. The molecule has 1 aromatic carbocycles. The van der Waals surface area contributed by atoms with Gasteiger partial charge in [0.05, 0.1) is 17.8 Å². The molecule has 7 nitrogen and oxygen atoms in total. The Hall–Kier alpha value is -2.16. The number of furan rings is 1. The Morgan fingerprint density at radius 2 is 2.19 bits per heavy atom. The topological polar surface area (TPSA) is 88.9 Å². The predicted octanol–water partition coefficient (Wildman–Crippen LogP) is 2.42. The first-order valence-electron chi connectivity index (χ1n) is 8.54. The zero-order valence-electron chi connectivity index (χ0n) is 14.6. The minimum Gasteiger partial charge on any atom is -0.469 e. The predicted molar refractivity (Wildman–Crippen MR) is 96.1 cm³/mol. The number of amides is 1. The zero-order valence-corrected chi connectivity index (χ0v) is 15.4. The largest absolute Gasteiger partial charge is 0.469 e. The molecule has 0 atom stereocenters. The molecule has 0 saturated carbocycles. The van der Waals surface area contributed by atoms with Crippen LogP contribution in [-0.4, -0.2) is 27.5 Å². The lowest BCUT2D eigenvalue weighted by atomic mass is 10.0. The van der Waals surface area contributed by atoms with Crippen molar-refractivity contribution < 1.29 is 22.5 Å². The first kappa shape index (κ1) is 18.6. The first-order valence-corrected chi connectivity index (χ1v) is 10.0. The summed E-state index contributed by atoms with van der Waals surface area (Å²) in [6.45, 7) is 2.41. The summed E-state index contributed by atoms with van der Waals surface area (Å²) in [6.07, 6.45) is 4.46. The van der Waals surface area contributed by atoms with Crippen LogP contribution in [0, 0.1) is 0 Å². The number of fused-ring (bicyclic) bond motifs is 1. The molecular formula is C18H22N2O5S. The molecule has 0 bridgehead atoms. The van der Waals surface area contributed by atoms with Crippen LogP contribution in [0.15, 0.2) is 45.9 Å². The minimum atomic E-state index is -3.76. The van der Waals surface area contributed by atoms with E-state index < -0.39 is 10.0 Å². The quantitative estimate of drug-likeness (QED) is 0.590. The summed E-state index contributed by atoms with van der Waals surface area (Å²) in [5, 5.41) is 0. The van der Waals surface area contributed by atoms with Gasteiger partial charge in [0.1, 0.15) is 5.76 Å². The molecule has 2 heterocycles. The Balaban J connectivity index is 1.59. The molecule has 0 saturated heterocycles. The van der Waals surface area contributed by atoms with Crippen LogP contribution in [0.1, 0.15) is 31.1 Å². The van der Waals surface area contributed by atoms with Crippen LogP contribution in [0.3, 0.4) is 0 Å². The van der Waals surface area contributed by atoms with Gasteiger partial charge in [-0.25, -0.2) is 8.42 Å². The van der Waals surface area contributed by atoms with Gasteiger partial charge in [-0.1, -0.05) is 4.89 Å². The lowest BCUT2D eigenvalue weighted by Crippen LogP contribution is -2.33. The Morgan fingerprint density at radius 3 is 2.92 bits per heavy atom. The number of hydrogen-bond acceptors (Lipinski definition) is 5. The number of nitrogens with one attached hydrogen (secondary N) is 1. The Labute approximate surface area is 152 Å². The molecule has 0 fully saturated rings. The fourth-order valence-corrected chi connectivity index (χ4v) is 3.89. The summed E-state index contributed by atoms with van der Waals surface area (Å²) >= 11 is 0. The highest BCUT2D eigenvalue weighted by Crippen LogP contribution is 2.29. The van der Waals surface area contributed by atoms with E-state index in [1.165, 1.54) is 13.0 Å². The molecule has 0 aliphatic carbocycles. The van der Waals surface area contributed by atoms with Gasteiger partial charge >= 0.3 is 0 Å². The van der Waals surface area contributed by atoms with Crippen molar-refractivity contribution in [3.05, 3.63) is 47.9 Å². The van der Waals surface area contributed by atoms with Crippen molar-refractivity contribution in [3.8, 4) is 0 Å². The van der Waals surface area contributed by atoms with Crippen molar-refractivity contribution in [1.82, 2.24) is 4.89 Å². The van der Waals surface area contributed by atoms with Crippen LogP contribution in [0.5, 0.6) is 0 Å². The van der Waals surface area contributed by atoms with Crippen LogP contribution in [0.4, 0.5) is 5.69 Å². The standard InChI is InChI=1S/C18H22N2O5S/c1-14(21)20-10-2-5-15-13-17(8-9-18(15)20)26(22,23)19-25-12-4-7-16-6-3-11-24-16/h3,6,8-9,11,13,19H,2,4-5,7,10,12H2,1H3. The fourth-order valence-electron chi connectivity index (χ4n) is 3.01. The van der Waals surface area contributed by atoms with Crippen molar-refractivity contribution in [1.29, 1.82) is 0 Å². The highest BCUT2D eigenvalue weighted by molar-refractivity contribution is 7.89. The number of nitrogens with zero attached hydrogens (tertiary/aromatic N) is 1. The summed E-state index contributed by atoms with van der Waals surface area (Å²) in [4.78, 5) is 20.8. The number of carbonyl (C=O) groups excluding carboxylic acids is 1. The van der Waals surface area contributed by atoms with E-state index in [-0.39, 0.29) is 17.4 Å². The third-order valence-corrected chi connectivity index (χ3v) is 5.49. The van der Waals surface area contributed by atoms with Crippen molar-refractivity contribution >= 4 is 21.6 Å². The Morgan fingerprint density at radius 1 is 1.35 bits per heavy atom. The molecule has 1 aliphatic heterocycles. The van der Waals surface area contributed by atoms with Gasteiger partial charge in [-0.2, -0.15) is 0 Å². The number of anilines is 1. The van der Waals surface area contributed by atoms with E-state index in [9.17, 15) is 13.2 Å². The van der Waals surface area contributed by atoms with Crippen LogP contribution in [0.2, 0.25) is 0 Å². The first-order chi connectivity index (χ1) is 12.5. The summed E-state index contributed by atoms with van der Waals surface area (Å²) in [5.74, 6) is 0.792. The molecule has 0 unspecified atom stereocenters. The van der Waals surface area contributed by atoms with Gasteiger partial charge in [0.15, 0.2) is 0 Å². The molecule has 1 N–H and O–H groups in total. The summed E-state index contributed by atoms with van der Waals surface area (Å²) in [5.41, 5.74) is 1.63. The number of benzene rings is 1. The van der Waals surface area contributed by atoms with Crippen molar-refractivity contribution in [3.63, 3.8) is 0 Å². The van der Waals surface area contributed by atoms with Gasteiger partial charge in [-0.3, -0.25) is 9.63 Å². The molecule has 1 amide bonds. The minimum absolute atomic E-state index is 0.0421. The van der Waals surface area contributed by atoms with Crippen LogP contribution >= 0.6 is 0 Å². The molecule has 1 aromatic heterocycles. The second-order valence-electron chi connectivity index (χ2n) is 6.18. The van der Waals surface area contributed by atoms with E-state index in [2.05, 4.69) is 4.89 Å². The van der Waals surface area contributed by atoms with E-state index in [1.54, 1.807) is 23.3 Å². The molecule has 1 aliphatic rings. The van der Waals surface area contributed by atoms with Gasteiger partial charge in [-0.15, -0.1) is 0 Å². The van der Waals surface area contributed by atoms with Crippen molar-refractivity contribution in [2.75, 3.05) is 18.1 Å². The smallest absolute Gasteiger partial charge is 0.262 e. The molecule has 8 heteroatoms. The van der Waals surface area contributed by atoms with E-state index in [0.717, 1.165) is 29.9 Å².